The highest BCUT2D eigenvalue weighted by molar-refractivity contribution is 6.29. The van der Waals surface area contributed by atoms with Crippen LogP contribution < -0.4 is 5.32 Å². The lowest BCUT2D eigenvalue weighted by molar-refractivity contribution is -0.384. The molecule has 106 valence electrons. The van der Waals surface area contributed by atoms with Crippen molar-refractivity contribution in [3.8, 4) is 0 Å². The number of nitrogens with zero attached hydrogens (tertiary/aromatic N) is 2. The van der Waals surface area contributed by atoms with Gasteiger partial charge < -0.3 is 10.4 Å². The molecule has 0 atom stereocenters. The third kappa shape index (κ3) is 4.04. The van der Waals surface area contributed by atoms with Gasteiger partial charge in [0.2, 0.25) is 0 Å². The van der Waals surface area contributed by atoms with E-state index in [1.54, 1.807) is 0 Å². The average molecular weight is 288 g/mol. The number of halogens is 1. The van der Waals surface area contributed by atoms with Crippen LogP contribution in [-0.2, 0) is 0 Å². The van der Waals surface area contributed by atoms with Crippen molar-refractivity contribution in [2.24, 2.45) is 5.41 Å². The molecule has 0 saturated heterocycles. The van der Waals surface area contributed by atoms with Crippen molar-refractivity contribution in [2.75, 3.05) is 18.5 Å². The van der Waals surface area contributed by atoms with Gasteiger partial charge in [-0.3, -0.25) is 10.1 Å². The first-order valence-electron chi connectivity index (χ1n) is 6.13. The molecule has 0 radical (unpaired) electrons. The van der Waals surface area contributed by atoms with Gasteiger partial charge in [0.05, 0.1) is 23.7 Å². The molecule has 0 aliphatic rings. The van der Waals surface area contributed by atoms with Crippen molar-refractivity contribution in [1.29, 1.82) is 0 Å². The Morgan fingerprint density at radius 2 is 2.11 bits per heavy atom. The lowest BCUT2D eigenvalue weighted by atomic mass is 9.83. The Balaban J connectivity index is 2.85. The van der Waals surface area contributed by atoms with Crippen LogP contribution in [-0.4, -0.2) is 28.2 Å². The number of rotatable bonds is 7. The van der Waals surface area contributed by atoms with Gasteiger partial charge in [-0.25, -0.2) is 4.98 Å². The van der Waals surface area contributed by atoms with Gasteiger partial charge in [-0.15, -0.1) is 0 Å². The second-order valence-electron chi connectivity index (χ2n) is 4.51. The molecule has 2 N–H and O–H groups in total. The fourth-order valence-corrected chi connectivity index (χ4v) is 1.94. The lowest BCUT2D eigenvalue weighted by Gasteiger charge is -2.29. The smallest absolute Gasteiger partial charge is 0.276 e. The van der Waals surface area contributed by atoms with E-state index in [2.05, 4.69) is 10.3 Å². The van der Waals surface area contributed by atoms with E-state index in [0.29, 0.717) is 12.4 Å². The Hall–Kier alpha value is -1.40. The van der Waals surface area contributed by atoms with Crippen LogP contribution in [0.3, 0.4) is 0 Å². The second kappa shape index (κ2) is 6.68. The van der Waals surface area contributed by atoms with Crippen LogP contribution >= 0.6 is 11.6 Å². The number of pyridine rings is 1. The van der Waals surface area contributed by atoms with Crippen molar-refractivity contribution in [1.82, 2.24) is 4.98 Å². The summed E-state index contributed by atoms with van der Waals surface area (Å²) in [4.78, 5) is 14.2. The summed E-state index contributed by atoms with van der Waals surface area (Å²) >= 11 is 5.74. The van der Waals surface area contributed by atoms with Gasteiger partial charge >= 0.3 is 0 Å². The minimum Gasteiger partial charge on any atom is -0.396 e. The number of anilines is 1. The van der Waals surface area contributed by atoms with Crippen molar-refractivity contribution in [3.05, 3.63) is 27.4 Å². The van der Waals surface area contributed by atoms with Crippen molar-refractivity contribution in [2.45, 2.75) is 26.7 Å². The Morgan fingerprint density at radius 1 is 1.47 bits per heavy atom. The van der Waals surface area contributed by atoms with Crippen LogP contribution in [0.15, 0.2) is 12.1 Å². The van der Waals surface area contributed by atoms with E-state index in [-0.39, 0.29) is 22.9 Å². The van der Waals surface area contributed by atoms with E-state index in [1.165, 1.54) is 12.1 Å². The molecule has 0 bridgehead atoms. The summed E-state index contributed by atoms with van der Waals surface area (Å²) in [6.45, 7) is 4.53. The predicted octanol–water partition coefficient (Wildman–Crippen LogP) is 2.85. The standard InChI is InChI=1S/C12H18ClN3O3/c1-3-12(4-2,8-17)7-14-11-6-9(16(18)19)5-10(13)15-11/h5-6,17H,3-4,7-8H2,1-2H3,(H,14,15). The Morgan fingerprint density at radius 3 is 2.58 bits per heavy atom. The van der Waals surface area contributed by atoms with Gasteiger partial charge in [-0.2, -0.15) is 0 Å². The molecule has 1 aromatic heterocycles. The normalized spacial score (nSPS) is 11.4. The van der Waals surface area contributed by atoms with Crippen LogP contribution in [0, 0.1) is 15.5 Å². The molecule has 0 aliphatic carbocycles. The number of nitro groups is 1. The molecular weight excluding hydrogens is 270 g/mol. The third-order valence-electron chi connectivity index (χ3n) is 3.47. The summed E-state index contributed by atoms with van der Waals surface area (Å²) in [5, 5.41) is 23.3. The molecule has 19 heavy (non-hydrogen) atoms. The number of aliphatic hydroxyl groups excluding tert-OH is 1. The van der Waals surface area contributed by atoms with Crippen LogP contribution in [0.5, 0.6) is 0 Å². The largest absolute Gasteiger partial charge is 0.396 e. The number of hydrogen-bond donors (Lipinski definition) is 2. The summed E-state index contributed by atoms with van der Waals surface area (Å²) in [6, 6.07) is 2.53. The van der Waals surface area contributed by atoms with E-state index in [1.807, 2.05) is 13.8 Å². The van der Waals surface area contributed by atoms with Gasteiger partial charge in [0.1, 0.15) is 11.0 Å². The Bertz CT molecular complexity index is 442. The van der Waals surface area contributed by atoms with Crippen LogP contribution in [0.4, 0.5) is 11.5 Å². The molecule has 0 saturated carbocycles. The number of nitrogens with one attached hydrogen (secondary N) is 1. The maximum Gasteiger partial charge on any atom is 0.276 e. The number of hydrogen-bond acceptors (Lipinski definition) is 5. The molecule has 0 aliphatic heterocycles. The highest BCUT2D eigenvalue weighted by atomic mass is 35.5. The van der Waals surface area contributed by atoms with E-state index in [9.17, 15) is 15.2 Å². The minimum absolute atomic E-state index is 0.0512. The molecule has 1 aromatic rings. The van der Waals surface area contributed by atoms with Crippen LogP contribution in [0.1, 0.15) is 26.7 Å². The molecular formula is C12H18ClN3O3. The first kappa shape index (κ1) is 15.7. The monoisotopic (exact) mass is 287 g/mol. The second-order valence-corrected chi connectivity index (χ2v) is 4.90. The maximum atomic E-state index is 10.7. The van der Waals surface area contributed by atoms with Gasteiger partial charge in [0.15, 0.2) is 0 Å². The molecule has 0 aromatic carbocycles. The Labute approximate surface area is 117 Å². The van der Waals surface area contributed by atoms with Crippen molar-refractivity contribution >= 4 is 23.1 Å². The molecule has 6 nitrogen and oxygen atoms in total. The molecule has 0 amide bonds. The summed E-state index contributed by atoms with van der Waals surface area (Å²) in [5.41, 5.74) is -0.358. The third-order valence-corrected chi connectivity index (χ3v) is 3.66. The highest BCUT2D eigenvalue weighted by Gasteiger charge is 2.25. The van der Waals surface area contributed by atoms with Crippen molar-refractivity contribution < 1.29 is 10.0 Å². The minimum atomic E-state index is -0.516. The van der Waals surface area contributed by atoms with Gasteiger partial charge in [0, 0.05) is 12.0 Å². The summed E-state index contributed by atoms with van der Waals surface area (Å²) in [5.74, 6) is 0.346. The SMILES string of the molecule is CCC(CC)(CO)CNc1cc([N+](=O)[O-])cc(Cl)n1. The zero-order chi connectivity index (χ0) is 14.5. The summed E-state index contributed by atoms with van der Waals surface area (Å²) in [6.07, 6.45) is 1.60. The van der Waals surface area contributed by atoms with Gasteiger partial charge in [0.25, 0.3) is 5.69 Å². The molecule has 1 heterocycles. The predicted molar refractivity (Wildman–Crippen MR) is 74.5 cm³/mol. The highest BCUT2D eigenvalue weighted by Crippen LogP contribution is 2.27. The zero-order valence-electron chi connectivity index (χ0n) is 11.0. The average Bonchev–Trinajstić information content (AvgIpc) is 2.40. The topological polar surface area (TPSA) is 88.3 Å². The summed E-state index contributed by atoms with van der Waals surface area (Å²) in [7, 11) is 0. The van der Waals surface area contributed by atoms with Gasteiger partial charge in [-0.1, -0.05) is 25.4 Å². The van der Waals surface area contributed by atoms with E-state index in [0.717, 1.165) is 12.8 Å². The van der Waals surface area contributed by atoms with Crippen LogP contribution in [0.25, 0.3) is 0 Å². The summed E-state index contributed by atoms with van der Waals surface area (Å²) < 4.78 is 0. The van der Waals surface area contributed by atoms with E-state index >= 15 is 0 Å². The van der Waals surface area contributed by atoms with Crippen molar-refractivity contribution in [3.63, 3.8) is 0 Å². The fourth-order valence-electron chi connectivity index (χ4n) is 1.74. The maximum absolute atomic E-state index is 10.7. The molecule has 0 spiro atoms. The molecule has 0 unspecified atom stereocenters. The molecule has 1 rings (SSSR count). The zero-order valence-corrected chi connectivity index (χ0v) is 11.8. The first-order chi connectivity index (χ1) is 8.96. The van der Waals surface area contributed by atoms with E-state index in [4.69, 9.17) is 11.6 Å². The quantitative estimate of drug-likeness (QED) is 0.457. The number of aliphatic hydroxyl groups is 1. The fraction of sp³-hybridized carbons (Fsp3) is 0.583. The number of aromatic nitrogens is 1. The van der Waals surface area contributed by atoms with Gasteiger partial charge in [-0.05, 0) is 12.8 Å². The molecule has 0 fully saturated rings. The first-order valence-corrected chi connectivity index (χ1v) is 6.51. The van der Waals surface area contributed by atoms with E-state index < -0.39 is 4.92 Å². The van der Waals surface area contributed by atoms with Crippen LogP contribution in [0.2, 0.25) is 5.15 Å². The Kier molecular flexibility index (Phi) is 5.50. The lowest BCUT2D eigenvalue weighted by Crippen LogP contribution is -2.32. The molecule has 7 heteroatoms.